The maximum atomic E-state index is 11.8. The van der Waals surface area contributed by atoms with Gasteiger partial charge < -0.3 is 11.1 Å². The first kappa shape index (κ1) is 12.8. The molecule has 1 aliphatic rings. The molecule has 2 atom stereocenters. The second kappa shape index (κ2) is 4.90. The number of nitrogens with two attached hydrogens (primary N) is 1. The molecule has 17 heavy (non-hydrogen) atoms. The van der Waals surface area contributed by atoms with Crippen molar-refractivity contribution in [1.29, 1.82) is 0 Å². The van der Waals surface area contributed by atoms with Gasteiger partial charge in [-0.1, -0.05) is 19.1 Å². The lowest BCUT2D eigenvalue weighted by Gasteiger charge is -2.32. The fourth-order valence-corrected chi connectivity index (χ4v) is 3.85. The van der Waals surface area contributed by atoms with E-state index in [9.17, 15) is 4.79 Å². The van der Waals surface area contributed by atoms with E-state index in [1.165, 1.54) is 0 Å². The van der Waals surface area contributed by atoms with Gasteiger partial charge in [-0.3, -0.25) is 4.79 Å². The van der Waals surface area contributed by atoms with Gasteiger partial charge in [0.1, 0.15) is 5.54 Å². The molecule has 2 rings (SSSR count). The molecule has 0 bridgehead atoms. The van der Waals surface area contributed by atoms with E-state index in [4.69, 9.17) is 5.73 Å². The van der Waals surface area contributed by atoms with Gasteiger partial charge in [0.05, 0.1) is 0 Å². The van der Waals surface area contributed by atoms with Crippen LogP contribution in [-0.4, -0.2) is 22.4 Å². The molecule has 0 radical (unpaired) electrons. The van der Waals surface area contributed by atoms with Gasteiger partial charge in [-0.2, -0.15) is 11.8 Å². The minimum absolute atomic E-state index is 0.187. The highest BCUT2D eigenvalue weighted by molar-refractivity contribution is 9.10. The summed E-state index contributed by atoms with van der Waals surface area (Å²) in [5.74, 6) is 0.687. The lowest BCUT2D eigenvalue weighted by molar-refractivity contribution is -0.122. The number of hydrogen-bond acceptors (Lipinski definition) is 3. The Labute approximate surface area is 114 Å². The molecule has 0 spiro atoms. The first-order valence-corrected chi connectivity index (χ1v) is 7.34. The SMILES string of the molecule is CC1SCCC1(Nc1ccccc1Br)C(N)=O. The van der Waals surface area contributed by atoms with Crippen LogP contribution < -0.4 is 11.1 Å². The number of thioether (sulfide) groups is 1. The van der Waals surface area contributed by atoms with E-state index in [0.29, 0.717) is 0 Å². The zero-order valence-corrected chi connectivity index (χ0v) is 12.0. The Morgan fingerprint density at radius 1 is 1.59 bits per heavy atom. The number of nitrogens with one attached hydrogen (secondary N) is 1. The van der Waals surface area contributed by atoms with Gasteiger partial charge in [0, 0.05) is 15.4 Å². The van der Waals surface area contributed by atoms with Crippen LogP contribution in [0.1, 0.15) is 13.3 Å². The van der Waals surface area contributed by atoms with Crippen LogP contribution in [0, 0.1) is 0 Å². The van der Waals surface area contributed by atoms with Crippen molar-refractivity contribution in [2.75, 3.05) is 11.1 Å². The third-order valence-corrected chi connectivity index (χ3v) is 5.26. The molecule has 5 heteroatoms. The first-order chi connectivity index (χ1) is 8.06. The van der Waals surface area contributed by atoms with Crippen molar-refractivity contribution in [2.24, 2.45) is 5.73 Å². The highest BCUT2D eigenvalue weighted by Gasteiger charge is 2.46. The number of benzene rings is 1. The van der Waals surface area contributed by atoms with Gasteiger partial charge in [-0.15, -0.1) is 0 Å². The quantitative estimate of drug-likeness (QED) is 0.901. The summed E-state index contributed by atoms with van der Waals surface area (Å²) < 4.78 is 0.949. The molecule has 0 saturated carbocycles. The highest BCUT2D eigenvalue weighted by atomic mass is 79.9. The smallest absolute Gasteiger partial charge is 0.244 e. The second-order valence-electron chi connectivity index (χ2n) is 4.20. The summed E-state index contributed by atoms with van der Waals surface area (Å²) in [6.45, 7) is 2.05. The summed E-state index contributed by atoms with van der Waals surface area (Å²) in [7, 11) is 0. The van der Waals surface area contributed by atoms with Crippen LogP contribution in [0.25, 0.3) is 0 Å². The van der Waals surface area contributed by atoms with Gasteiger partial charge >= 0.3 is 0 Å². The molecule has 1 fully saturated rings. The number of amides is 1. The standard InChI is InChI=1S/C12H15BrN2OS/c1-8-12(11(14)16,6-7-17-8)15-10-5-3-2-4-9(10)13/h2-5,8,15H,6-7H2,1H3,(H2,14,16). The molecular weight excluding hydrogens is 300 g/mol. The number of carbonyl (C=O) groups is 1. The van der Waals surface area contributed by atoms with E-state index in [1.807, 2.05) is 31.2 Å². The summed E-state index contributed by atoms with van der Waals surface area (Å²) in [6.07, 6.45) is 0.773. The monoisotopic (exact) mass is 314 g/mol. The molecule has 3 N–H and O–H groups in total. The van der Waals surface area contributed by atoms with Crippen LogP contribution in [0.15, 0.2) is 28.7 Å². The Morgan fingerprint density at radius 2 is 2.29 bits per heavy atom. The Kier molecular flexibility index (Phi) is 3.68. The molecule has 1 aromatic rings. The summed E-state index contributed by atoms with van der Waals surface area (Å²) in [5, 5.41) is 3.52. The second-order valence-corrected chi connectivity index (χ2v) is 6.51. The lowest BCUT2D eigenvalue weighted by atomic mass is 9.91. The summed E-state index contributed by atoms with van der Waals surface area (Å²) in [6, 6.07) is 7.78. The van der Waals surface area contributed by atoms with Crippen molar-refractivity contribution in [2.45, 2.75) is 24.1 Å². The number of rotatable bonds is 3. The largest absolute Gasteiger partial charge is 0.369 e. The van der Waals surface area contributed by atoms with Gasteiger partial charge in [-0.25, -0.2) is 0 Å². The summed E-state index contributed by atoms with van der Waals surface area (Å²) >= 11 is 5.25. The average Bonchev–Trinajstić information content (AvgIpc) is 2.65. The van der Waals surface area contributed by atoms with Crippen molar-refractivity contribution in [3.05, 3.63) is 28.7 Å². The first-order valence-electron chi connectivity index (χ1n) is 5.50. The number of anilines is 1. The molecule has 0 aliphatic carbocycles. The van der Waals surface area contributed by atoms with Crippen molar-refractivity contribution >= 4 is 39.3 Å². The number of carbonyl (C=O) groups excluding carboxylic acids is 1. The zero-order chi connectivity index (χ0) is 12.5. The average molecular weight is 315 g/mol. The highest BCUT2D eigenvalue weighted by Crippen LogP contribution is 2.39. The predicted octanol–water partition coefficient (Wildman–Crippen LogP) is 2.61. The van der Waals surface area contributed by atoms with Gasteiger partial charge in [0.15, 0.2) is 0 Å². The van der Waals surface area contributed by atoms with E-state index >= 15 is 0 Å². The molecule has 2 unspecified atom stereocenters. The van der Waals surface area contributed by atoms with Crippen LogP contribution in [0.5, 0.6) is 0 Å². The number of hydrogen-bond donors (Lipinski definition) is 2. The number of halogens is 1. The van der Waals surface area contributed by atoms with E-state index in [1.54, 1.807) is 11.8 Å². The van der Waals surface area contributed by atoms with Gasteiger partial charge in [0.2, 0.25) is 5.91 Å². The van der Waals surface area contributed by atoms with Crippen LogP contribution in [0.4, 0.5) is 5.69 Å². The van der Waals surface area contributed by atoms with Crippen LogP contribution >= 0.6 is 27.7 Å². The van der Waals surface area contributed by atoms with Gasteiger partial charge in [-0.05, 0) is 40.2 Å². The summed E-state index contributed by atoms with van der Waals surface area (Å²) in [5.41, 5.74) is 5.88. The van der Waals surface area contributed by atoms with Crippen molar-refractivity contribution in [3.8, 4) is 0 Å². The molecule has 1 heterocycles. The Hall–Kier alpha value is -0.680. The molecule has 3 nitrogen and oxygen atoms in total. The molecule has 0 aromatic heterocycles. The van der Waals surface area contributed by atoms with E-state index in [0.717, 1.165) is 22.3 Å². The lowest BCUT2D eigenvalue weighted by Crippen LogP contribution is -2.54. The third-order valence-electron chi connectivity index (χ3n) is 3.23. The predicted molar refractivity (Wildman–Crippen MR) is 76.2 cm³/mol. The van der Waals surface area contributed by atoms with Gasteiger partial charge in [0.25, 0.3) is 0 Å². The fraction of sp³-hybridized carbons (Fsp3) is 0.417. The topological polar surface area (TPSA) is 55.1 Å². The van der Waals surface area contributed by atoms with E-state index in [2.05, 4.69) is 21.2 Å². The number of primary amides is 1. The zero-order valence-electron chi connectivity index (χ0n) is 9.57. The van der Waals surface area contributed by atoms with Crippen LogP contribution in [-0.2, 0) is 4.79 Å². The van der Waals surface area contributed by atoms with Crippen molar-refractivity contribution in [1.82, 2.24) is 0 Å². The van der Waals surface area contributed by atoms with Crippen molar-refractivity contribution in [3.63, 3.8) is 0 Å². The Bertz CT molecular complexity index is 440. The number of para-hydroxylation sites is 1. The fourth-order valence-electron chi connectivity index (χ4n) is 2.09. The van der Waals surface area contributed by atoms with Crippen molar-refractivity contribution < 1.29 is 4.79 Å². The third kappa shape index (κ3) is 2.31. The Morgan fingerprint density at radius 3 is 2.82 bits per heavy atom. The molecule has 1 aromatic carbocycles. The van der Waals surface area contributed by atoms with Crippen LogP contribution in [0.3, 0.4) is 0 Å². The molecule has 1 saturated heterocycles. The Balaban J connectivity index is 2.31. The molecule has 1 amide bonds. The minimum atomic E-state index is -0.630. The molecule has 1 aliphatic heterocycles. The van der Waals surface area contributed by atoms with E-state index < -0.39 is 5.54 Å². The molecule has 92 valence electrons. The maximum Gasteiger partial charge on any atom is 0.244 e. The van der Waals surface area contributed by atoms with Crippen LogP contribution in [0.2, 0.25) is 0 Å². The minimum Gasteiger partial charge on any atom is -0.369 e. The summed E-state index contributed by atoms with van der Waals surface area (Å²) in [4.78, 5) is 11.8. The maximum absolute atomic E-state index is 11.8. The van der Waals surface area contributed by atoms with E-state index in [-0.39, 0.29) is 11.2 Å². The molecular formula is C12H15BrN2OS. The normalized spacial score (nSPS) is 28.0.